The fourth-order valence-electron chi connectivity index (χ4n) is 2.34. The Bertz CT molecular complexity index is 514. The highest BCUT2D eigenvalue weighted by Gasteiger charge is 2.11. The van der Waals surface area contributed by atoms with Gasteiger partial charge in [0, 0.05) is 0 Å². The number of aryl methyl sites for hydroxylation is 2. The molecule has 1 heterocycles. The Morgan fingerprint density at radius 1 is 1.16 bits per heavy atom. The smallest absolute Gasteiger partial charge is 0.127 e. The molecule has 0 aliphatic rings. The monoisotopic (exact) mass is 257 g/mol. The topological polar surface area (TPSA) is 43.8 Å². The number of nitrogens with zero attached hydrogens (tertiary/aromatic N) is 2. The summed E-state index contributed by atoms with van der Waals surface area (Å²) < 4.78 is 2.11. The summed E-state index contributed by atoms with van der Waals surface area (Å²) in [7, 11) is 0. The van der Waals surface area contributed by atoms with Gasteiger partial charge in [-0.1, -0.05) is 50.1 Å². The van der Waals surface area contributed by atoms with Crippen LogP contribution in [0.25, 0.3) is 0 Å². The SMILES string of the molecule is CCCCCc1nc(C)n(Cc2ccccc2)c1N. The van der Waals surface area contributed by atoms with Crippen LogP contribution < -0.4 is 5.73 Å². The standard InChI is InChI=1S/C16H23N3/c1-3-4-6-11-15-16(17)19(13(2)18-15)12-14-9-7-5-8-10-14/h5,7-10H,3-4,6,11-12,17H2,1-2H3. The lowest BCUT2D eigenvalue weighted by atomic mass is 10.1. The Kier molecular flexibility index (Phi) is 4.61. The van der Waals surface area contributed by atoms with Crippen LogP contribution in [0.2, 0.25) is 0 Å². The van der Waals surface area contributed by atoms with Gasteiger partial charge in [-0.15, -0.1) is 0 Å². The number of unbranched alkanes of at least 4 members (excludes halogenated alkanes) is 2. The maximum Gasteiger partial charge on any atom is 0.127 e. The molecule has 3 nitrogen and oxygen atoms in total. The molecule has 0 saturated carbocycles. The van der Waals surface area contributed by atoms with Crippen LogP contribution in [0.15, 0.2) is 30.3 Å². The van der Waals surface area contributed by atoms with Crippen molar-refractivity contribution in [3.05, 3.63) is 47.4 Å². The van der Waals surface area contributed by atoms with Gasteiger partial charge in [-0.05, 0) is 25.3 Å². The number of nitrogen functional groups attached to an aromatic ring is 1. The zero-order valence-corrected chi connectivity index (χ0v) is 11.9. The average molecular weight is 257 g/mol. The van der Waals surface area contributed by atoms with E-state index in [-0.39, 0.29) is 0 Å². The van der Waals surface area contributed by atoms with Crippen LogP contribution in [0, 0.1) is 6.92 Å². The maximum atomic E-state index is 6.23. The highest BCUT2D eigenvalue weighted by atomic mass is 15.1. The van der Waals surface area contributed by atoms with E-state index in [1.54, 1.807) is 0 Å². The van der Waals surface area contributed by atoms with Crippen molar-refractivity contribution < 1.29 is 0 Å². The molecule has 0 unspecified atom stereocenters. The number of imidazole rings is 1. The van der Waals surface area contributed by atoms with Gasteiger partial charge >= 0.3 is 0 Å². The molecule has 0 spiro atoms. The Hall–Kier alpha value is -1.77. The number of benzene rings is 1. The van der Waals surface area contributed by atoms with Gasteiger partial charge in [0.15, 0.2) is 0 Å². The molecule has 0 atom stereocenters. The summed E-state index contributed by atoms with van der Waals surface area (Å²) in [4.78, 5) is 4.62. The maximum absolute atomic E-state index is 6.23. The van der Waals surface area contributed by atoms with Crippen LogP contribution in [0.4, 0.5) is 5.82 Å². The second-order valence-electron chi connectivity index (χ2n) is 5.02. The van der Waals surface area contributed by atoms with Crippen molar-refractivity contribution in [1.29, 1.82) is 0 Å². The lowest BCUT2D eigenvalue weighted by molar-refractivity contribution is 0.709. The van der Waals surface area contributed by atoms with Gasteiger partial charge in [-0.3, -0.25) is 0 Å². The van der Waals surface area contributed by atoms with E-state index >= 15 is 0 Å². The molecular formula is C16H23N3. The molecule has 0 fully saturated rings. The molecule has 0 aliphatic carbocycles. The Morgan fingerprint density at radius 3 is 2.58 bits per heavy atom. The third-order valence-corrected chi connectivity index (χ3v) is 3.47. The predicted molar refractivity (Wildman–Crippen MR) is 80.1 cm³/mol. The second kappa shape index (κ2) is 6.41. The van der Waals surface area contributed by atoms with Crippen molar-refractivity contribution in [2.75, 3.05) is 5.73 Å². The summed E-state index contributed by atoms with van der Waals surface area (Å²) in [6.07, 6.45) is 4.62. The van der Waals surface area contributed by atoms with E-state index in [9.17, 15) is 0 Å². The summed E-state index contributed by atoms with van der Waals surface area (Å²) in [5.74, 6) is 1.84. The van der Waals surface area contributed by atoms with Gasteiger partial charge in [-0.25, -0.2) is 4.98 Å². The first-order chi connectivity index (χ1) is 9.22. The number of rotatable bonds is 6. The van der Waals surface area contributed by atoms with Crippen molar-refractivity contribution in [3.63, 3.8) is 0 Å². The average Bonchev–Trinajstić information content (AvgIpc) is 2.68. The molecule has 2 rings (SSSR count). The zero-order valence-electron chi connectivity index (χ0n) is 11.9. The molecule has 0 radical (unpaired) electrons. The van der Waals surface area contributed by atoms with Crippen molar-refractivity contribution in [2.45, 2.75) is 46.1 Å². The molecule has 0 aliphatic heterocycles. The fraction of sp³-hybridized carbons (Fsp3) is 0.438. The lowest BCUT2D eigenvalue weighted by Crippen LogP contribution is -2.06. The van der Waals surface area contributed by atoms with Gasteiger partial charge in [-0.2, -0.15) is 0 Å². The first-order valence-electron chi connectivity index (χ1n) is 7.07. The van der Waals surface area contributed by atoms with Crippen LogP contribution in [0.3, 0.4) is 0 Å². The van der Waals surface area contributed by atoms with Gasteiger partial charge in [0.05, 0.1) is 12.2 Å². The van der Waals surface area contributed by atoms with Gasteiger partial charge < -0.3 is 10.3 Å². The normalized spacial score (nSPS) is 10.8. The number of hydrogen-bond donors (Lipinski definition) is 1. The van der Waals surface area contributed by atoms with Crippen LogP contribution in [0.1, 0.15) is 43.3 Å². The summed E-state index contributed by atoms with van der Waals surface area (Å²) in [6.45, 7) is 5.05. The van der Waals surface area contributed by atoms with Crippen molar-refractivity contribution >= 4 is 5.82 Å². The Morgan fingerprint density at radius 2 is 1.89 bits per heavy atom. The molecule has 0 amide bonds. The minimum atomic E-state index is 0.805. The van der Waals surface area contributed by atoms with Gasteiger partial charge in [0.1, 0.15) is 11.6 Å². The second-order valence-corrected chi connectivity index (χ2v) is 5.02. The highest BCUT2D eigenvalue weighted by Crippen LogP contribution is 2.18. The number of aromatic nitrogens is 2. The molecule has 19 heavy (non-hydrogen) atoms. The van der Waals surface area contributed by atoms with E-state index in [2.05, 4.69) is 40.7 Å². The summed E-state index contributed by atoms with van der Waals surface area (Å²) in [5, 5.41) is 0. The predicted octanol–water partition coefficient (Wildman–Crippen LogP) is 3.55. The summed E-state index contributed by atoms with van der Waals surface area (Å²) in [6, 6.07) is 10.4. The van der Waals surface area contributed by atoms with E-state index in [4.69, 9.17) is 5.73 Å². The van der Waals surface area contributed by atoms with E-state index in [1.165, 1.54) is 24.8 Å². The lowest BCUT2D eigenvalue weighted by Gasteiger charge is -2.08. The molecule has 0 bridgehead atoms. The van der Waals surface area contributed by atoms with Crippen LogP contribution in [-0.2, 0) is 13.0 Å². The van der Waals surface area contributed by atoms with Gasteiger partial charge in [0.25, 0.3) is 0 Å². The summed E-state index contributed by atoms with van der Waals surface area (Å²) in [5.41, 5.74) is 8.55. The van der Waals surface area contributed by atoms with E-state index in [0.717, 1.165) is 30.3 Å². The van der Waals surface area contributed by atoms with E-state index in [1.807, 2.05) is 13.0 Å². The van der Waals surface area contributed by atoms with Crippen LogP contribution in [-0.4, -0.2) is 9.55 Å². The molecule has 3 heteroatoms. The minimum Gasteiger partial charge on any atom is -0.384 e. The summed E-state index contributed by atoms with van der Waals surface area (Å²) >= 11 is 0. The molecule has 0 saturated heterocycles. The molecule has 102 valence electrons. The van der Waals surface area contributed by atoms with Gasteiger partial charge in [0.2, 0.25) is 0 Å². The van der Waals surface area contributed by atoms with Crippen molar-refractivity contribution in [1.82, 2.24) is 9.55 Å². The number of nitrogens with two attached hydrogens (primary N) is 1. The number of anilines is 1. The quantitative estimate of drug-likeness (QED) is 0.804. The first-order valence-corrected chi connectivity index (χ1v) is 7.07. The molecule has 1 aromatic carbocycles. The molecule has 1 aromatic heterocycles. The molecule has 2 N–H and O–H groups in total. The third kappa shape index (κ3) is 3.37. The molecular weight excluding hydrogens is 234 g/mol. The number of hydrogen-bond acceptors (Lipinski definition) is 2. The highest BCUT2D eigenvalue weighted by molar-refractivity contribution is 5.39. The third-order valence-electron chi connectivity index (χ3n) is 3.47. The van der Waals surface area contributed by atoms with Crippen molar-refractivity contribution in [2.24, 2.45) is 0 Å². The van der Waals surface area contributed by atoms with Crippen molar-refractivity contribution in [3.8, 4) is 0 Å². The Balaban J connectivity index is 2.13. The minimum absolute atomic E-state index is 0.805. The van der Waals surface area contributed by atoms with Crippen LogP contribution in [0.5, 0.6) is 0 Å². The Labute approximate surface area is 115 Å². The zero-order chi connectivity index (χ0) is 13.7. The largest absolute Gasteiger partial charge is 0.384 e. The van der Waals surface area contributed by atoms with Crippen LogP contribution >= 0.6 is 0 Å². The van der Waals surface area contributed by atoms with E-state index < -0.39 is 0 Å². The van der Waals surface area contributed by atoms with E-state index in [0.29, 0.717) is 0 Å². The first kappa shape index (κ1) is 13.7. The molecule has 2 aromatic rings. The fourth-order valence-corrected chi connectivity index (χ4v) is 2.34.